The number of carbonyl (C=O) groups is 1. The Bertz CT molecular complexity index is 769. The fourth-order valence-electron chi connectivity index (χ4n) is 1.43. The molecule has 0 atom stereocenters. The van der Waals surface area contributed by atoms with Crippen LogP contribution >= 0.6 is 11.3 Å². The molecule has 1 heterocycles. The molecule has 2 aromatic rings. The first-order valence-corrected chi connectivity index (χ1v) is 7.55. The van der Waals surface area contributed by atoms with E-state index >= 15 is 0 Å². The van der Waals surface area contributed by atoms with Crippen molar-refractivity contribution < 1.29 is 18.3 Å². The Morgan fingerprint density at radius 3 is 2.60 bits per heavy atom. The third-order valence-corrected chi connectivity index (χ3v) is 4.59. The molecule has 0 bridgehead atoms. The van der Waals surface area contributed by atoms with Gasteiger partial charge in [0.2, 0.25) is 5.13 Å². The highest BCUT2D eigenvalue weighted by molar-refractivity contribution is 7.93. The van der Waals surface area contributed by atoms with E-state index in [1.54, 1.807) is 6.92 Å². The third-order valence-electron chi connectivity index (χ3n) is 2.29. The number of sulfonamides is 1. The molecule has 2 rings (SSSR count). The molecular weight excluding hydrogens is 304 g/mol. The van der Waals surface area contributed by atoms with E-state index in [0.29, 0.717) is 5.01 Å². The molecule has 10 heteroatoms. The molecule has 0 fully saturated rings. The minimum Gasteiger partial charge on any atom is -0.478 e. The smallest absolute Gasteiger partial charge is 0.335 e. The standard InChI is InChI=1S/C10H10N4O4S2/c1-5-12-13-10(19-5)14-20(17,18)8-3-2-6(9(15)16)4-7(8)11/h2-4H,11H2,1H3,(H,13,14)(H,15,16). The summed E-state index contributed by atoms with van der Waals surface area (Å²) in [6.07, 6.45) is 0. The fourth-order valence-corrected chi connectivity index (χ4v) is 3.37. The largest absolute Gasteiger partial charge is 0.478 e. The Kier molecular flexibility index (Phi) is 3.59. The van der Waals surface area contributed by atoms with Crippen molar-refractivity contribution in [1.82, 2.24) is 10.2 Å². The van der Waals surface area contributed by atoms with Gasteiger partial charge < -0.3 is 10.8 Å². The first-order chi connectivity index (χ1) is 9.29. The van der Waals surface area contributed by atoms with E-state index in [-0.39, 0.29) is 21.3 Å². The molecule has 0 saturated carbocycles. The van der Waals surface area contributed by atoms with Crippen molar-refractivity contribution in [2.24, 2.45) is 0 Å². The zero-order valence-corrected chi connectivity index (χ0v) is 11.8. The van der Waals surface area contributed by atoms with Crippen LogP contribution in [0.2, 0.25) is 0 Å². The fraction of sp³-hybridized carbons (Fsp3) is 0.100. The Balaban J connectivity index is 2.37. The van der Waals surface area contributed by atoms with Crippen molar-refractivity contribution in [1.29, 1.82) is 0 Å². The van der Waals surface area contributed by atoms with Crippen LogP contribution in [0.15, 0.2) is 23.1 Å². The summed E-state index contributed by atoms with van der Waals surface area (Å²) < 4.78 is 26.5. The number of nitrogens with two attached hydrogens (primary N) is 1. The van der Waals surface area contributed by atoms with Crippen LogP contribution in [-0.2, 0) is 10.0 Å². The summed E-state index contributed by atoms with van der Waals surface area (Å²) in [7, 11) is -3.93. The Morgan fingerprint density at radius 1 is 1.40 bits per heavy atom. The Morgan fingerprint density at radius 2 is 2.10 bits per heavy atom. The number of nitrogen functional groups attached to an aromatic ring is 1. The molecule has 0 radical (unpaired) electrons. The molecule has 0 aliphatic heterocycles. The molecule has 106 valence electrons. The lowest BCUT2D eigenvalue weighted by molar-refractivity contribution is 0.0697. The summed E-state index contributed by atoms with van der Waals surface area (Å²) in [5, 5.41) is 16.9. The lowest BCUT2D eigenvalue weighted by atomic mass is 10.2. The highest BCUT2D eigenvalue weighted by Gasteiger charge is 2.20. The predicted octanol–water partition coefficient (Wildman–Crippen LogP) is 0.928. The maximum absolute atomic E-state index is 12.1. The van der Waals surface area contributed by atoms with Crippen molar-refractivity contribution in [2.45, 2.75) is 11.8 Å². The first-order valence-electron chi connectivity index (χ1n) is 5.25. The van der Waals surface area contributed by atoms with Gasteiger partial charge in [-0.05, 0) is 25.1 Å². The maximum Gasteiger partial charge on any atom is 0.335 e. The van der Waals surface area contributed by atoms with Crippen molar-refractivity contribution in [3.05, 3.63) is 28.8 Å². The van der Waals surface area contributed by atoms with Crippen molar-refractivity contribution in [3.8, 4) is 0 Å². The van der Waals surface area contributed by atoms with E-state index in [0.717, 1.165) is 23.5 Å². The van der Waals surface area contributed by atoms with Crippen LogP contribution < -0.4 is 10.5 Å². The van der Waals surface area contributed by atoms with E-state index in [1.807, 2.05) is 0 Å². The quantitative estimate of drug-likeness (QED) is 0.714. The van der Waals surface area contributed by atoms with Gasteiger partial charge in [0.05, 0.1) is 11.3 Å². The van der Waals surface area contributed by atoms with Gasteiger partial charge in [-0.2, -0.15) is 0 Å². The lowest BCUT2D eigenvalue weighted by Crippen LogP contribution is -2.15. The van der Waals surface area contributed by atoms with Crippen molar-refractivity contribution in [2.75, 3.05) is 10.5 Å². The minimum absolute atomic E-state index is 0.0896. The van der Waals surface area contributed by atoms with Crippen LogP contribution in [0.25, 0.3) is 0 Å². The number of hydrogen-bond acceptors (Lipinski definition) is 7. The zero-order valence-electron chi connectivity index (χ0n) is 10.2. The second-order valence-corrected chi connectivity index (χ2v) is 6.62. The van der Waals surface area contributed by atoms with Crippen LogP contribution in [0.1, 0.15) is 15.4 Å². The average Bonchev–Trinajstić information content (AvgIpc) is 2.73. The summed E-state index contributed by atoms with van der Waals surface area (Å²) in [6.45, 7) is 1.69. The molecule has 20 heavy (non-hydrogen) atoms. The molecular formula is C10H10N4O4S2. The number of aryl methyl sites for hydroxylation is 1. The molecule has 1 aromatic carbocycles. The molecule has 8 nitrogen and oxygen atoms in total. The molecule has 0 aliphatic rings. The number of nitrogens with zero attached hydrogens (tertiary/aromatic N) is 2. The van der Waals surface area contributed by atoms with E-state index in [9.17, 15) is 13.2 Å². The van der Waals surface area contributed by atoms with Crippen molar-refractivity contribution >= 4 is 38.1 Å². The highest BCUT2D eigenvalue weighted by Crippen LogP contribution is 2.24. The normalized spacial score (nSPS) is 11.2. The van der Waals surface area contributed by atoms with Crippen LogP contribution in [0, 0.1) is 6.92 Å². The van der Waals surface area contributed by atoms with Gasteiger partial charge in [0.1, 0.15) is 9.90 Å². The number of aromatic nitrogens is 2. The molecule has 0 amide bonds. The number of carboxylic acid groups (broad SMARTS) is 1. The van der Waals surface area contributed by atoms with Crippen LogP contribution in [0.3, 0.4) is 0 Å². The Hall–Kier alpha value is -2.20. The van der Waals surface area contributed by atoms with Gasteiger partial charge in [0.25, 0.3) is 10.0 Å². The van der Waals surface area contributed by atoms with E-state index in [1.165, 1.54) is 6.07 Å². The van der Waals surface area contributed by atoms with E-state index in [2.05, 4.69) is 14.9 Å². The second kappa shape index (κ2) is 5.06. The summed E-state index contributed by atoms with van der Waals surface area (Å²) in [5.41, 5.74) is 5.35. The summed E-state index contributed by atoms with van der Waals surface area (Å²) in [6, 6.07) is 3.38. The average molecular weight is 314 g/mol. The van der Waals surface area contributed by atoms with Crippen molar-refractivity contribution in [3.63, 3.8) is 0 Å². The number of hydrogen-bond donors (Lipinski definition) is 3. The topological polar surface area (TPSA) is 135 Å². The minimum atomic E-state index is -3.93. The number of aromatic carboxylic acids is 1. The first kappa shape index (κ1) is 14.2. The molecule has 0 unspecified atom stereocenters. The van der Waals surface area contributed by atoms with Gasteiger partial charge in [-0.25, -0.2) is 13.2 Å². The van der Waals surface area contributed by atoms with Gasteiger partial charge in [-0.15, -0.1) is 10.2 Å². The number of carboxylic acids is 1. The summed E-state index contributed by atoms with van der Waals surface area (Å²) >= 11 is 1.08. The summed E-state index contributed by atoms with van der Waals surface area (Å²) in [5.74, 6) is -1.19. The molecule has 4 N–H and O–H groups in total. The maximum atomic E-state index is 12.1. The third kappa shape index (κ3) is 2.86. The molecule has 0 spiro atoms. The zero-order chi connectivity index (χ0) is 14.9. The molecule has 0 saturated heterocycles. The van der Waals surface area contributed by atoms with Gasteiger partial charge in [-0.1, -0.05) is 11.3 Å². The number of rotatable bonds is 4. The lowest BCUT2D eigenvalue weighted by Gasteiger charge is -2.08. The number of anilines is 2. The van der Waals surface area contributed by atoms with Gasteiger partial charge in [0, 0.05) is 0 Å². The number of benzene rings is 1. The van der Waals surface area contributed by atoms with Gasteiger partial charge >= 0.3 is 5.97 Å². The van der Waals surface area contributed by atoms with Gasteiger partial charge in [0.15, 0.2) is 0 Å². The second-order valence-electron chi connectivity index (χ2n) is 3.79. The molecule has 0 aliphatic carbocycles. The number of nitrogens with one attached hydrogen (secondary N) is 1. The van der Waals surface area contributed by atoms with Crippen LogP contribution in [0.4, 0.5) is 10.8 Å². The van der Waals surface area contributed by atoms with E-state index in [4.69, 9.17) is 10.8 Å². The van der Waals surface area contributed by atoms with Crippen LogP contribution in [-0.4, -0.2) is 29.7 Å². The highest BCUT2D eigenvalue weighted by atomic mass is 32.2. The van der Waals surface area contributed by atoms with Gasteiger partial charge in [-0.3, -0.25) is 4.72 Å². The molecule has 1 aromatic heterocycles. The Labute approximate surface area is 118 Å². The predicted molar refractivity (Wildman–Crippen MR) is 73.3 cm³/mol. The summed E-state index contributed by atoms with van der Waals surface area (Å²) in [4.78, 5) is 10.6. The van der Waals surface area contributed by atoms with E-state index < -0.39 is 16.0 Å². The SMILES string of the molecule is Cc1nnc(NS(=O)(=O)c2ccc(C(=O)O)cc2N)s1. The monoisotopic (exact) mass is 314 g/mol. The van der Waals surface area contributed by atoms with Crippen LogP contribution in [0.5, 0.6) is 0 Å².